The van der Waals surface area contributed by atoms with Crippen molar-refractivity contribution in [2.45, 2.75) is 24.5 Å². The second kappa shape index (κ2) is 9.63. The third-order valence-electron chi connectivity index (χ3n) is 7.09. The number of aliphatic hydroxyl groups is 1. The van der Waals surface area contributed by atoms with Gasteiger partial charge in [-0.2, -0.15) is 0 Å². The molecule has 1 aromatic heterocycles. The van der Waals surface area contributed by atoms with Crippen LogP contribution < -0.4 is 4.31 Å². The quantitative estimate of drug-likeness (QED) is 0.261. The molecule has 6 aromatic rings. The van der Waals surface area contributed by atoms with E-state index >= 15 is 0 Å². The lowest BCUT2D eigenvalue weighted by molar-refractivity contribution is 0.166. The number of fused-ring (bicyclic) bond motifs is 4. The fraction of sp³-hybridized carbons (Fsp3) is 0.125. The van der Waals surface area contributed by atoms with E-state index in [0.29, 0.717) is 5.69 Å². The lowest BCUT2D eigenvalue weighted by atomic mass is 10.1. The Balaban J connectivity index is 1.44. The van der Waals surface area contributed by atoms with Crippen molar-refractivity contribution >= 4 is 48.3 Å². The number of hydrogen-bond donors (Lipinski definition) is 1. The molecule has 0 aliphatic heterocycles. The zero-order chi connectivity index (χ0) is 26.3. The average Bonchev–Trinajstić information content (AvgIpc) is 3.25. The maximum Gasteiger partial charge on any atom is 0.264 e. The zero-order valence-corrected chi connectivity index (χ0v) is 21.8. The predicted molar refractivity (Wildman–Crippen MR) is 155 cm³/mol. The van der Waals surface area contributed by atoms with Gasteiger partial charge in [-0.15, -0.1) is 0 Å². The minimum Gasteiger partial charge on any atom is -0.389 e. The maximum absolute atomic E-state index is 14.1. The second-order valence-corrected chi connectivity index (χ2v) is 11.5. The fourth-order valence-electron chi connectivity index (χ4n) is 5.25. The van der Waals surface area contributed by atoms with Crippen molar-refractivity contribution in [1.82, 2.24) is 4.57 Å². The SMILES string of the molecule is Cc1ccc(S(=O)(=O)N(C[C@@H](O)Cn2c3ccccc3c3ccccc32)c2cccc3ccccc23)cc1. The molecule has 0 aliphatic carbocycles. The third kappa shape index (κ3) is 4.22. The Bertz CT molecular complexity index is 1820. The van der Waals surface area contributed by atoms with Gasteiger partial charge in [0.15, 0.2) is 0 Å². The first-order valence-electron chi connectivity index (χ1n) is 12.6. The van der Waals surface area contributed by atoms with Gasteiger partial charge < -0.3 is 9.67 Å². The molecular weight excluding hydrogens is 492 g/mol. The monoisotopic (exact) mass is 520 g/mol. The number of para-hydroxylation sites is 2. The number of hydrogen-bond acceptors (Lipinski definition) is 3. The van der Waals surface area contributed by atoms with Crippen LogP contribution in [0.25, 0.3) is 32.6 Å². The van der Waals surface area contributed by atoms with E-state index in [1.807, 2.05) is 79.7 Å². The van der Waals surface area contributed by atoms with Gasteiger partial charge in [-0.05, 0) is 42.6 Å². The maximum atomic E-state index is 14.1. The molecule has 0 amide bonds. The van der Waals surface area contributed by atoms with Gasteiger partial charge in [0.2, 0.25) is 0 Å². The molecule has 5 nitrogen and oxygen atoms in total. The Morgan fingerprint density at radius 1 is 0.711 bits per heavy atom. The molecule has 38 heavy (non-hydrogen) atoms. The molecule has 0 saturated carbocycles. The van der Waals surface area contributed by atoms with Crippen LogP contribution in [0.5, 0.6) is 0 Å². The van der Waals surface area contributed by atoms with Crippen LogP contribution in [0.15, 0.2) is 120 Å². The van der Waals surface area contributed by atoms with E-state index in [2.05, 4.69) is 16.7 Å². The highest BCUT2D eigenvalue weighted by Gasteiger charge is 2.29. The zero-order valence-electron chi connectivity index (χ0n) is 21.0. The minimum atomic E-state index is -3.96. The molecule has 190 valence electrons. The summed E-state index contributed by atoms with van der Waals surface area (Å²) in [6.45, 7) is 2.08. The van der Waals surface area contributed by atoms with Gasteiger partial charge in [0.05, 0.1) is 29.8 Å². The number of rotatable bonds is 7. The molecular formula is C32H28N2O3S. The van der Waals surface area contributed by atoms with Crippen molar-refractivity contribution in [3.63, 3.8) is 0 Å². The molecule has 0 fully saturated rings. The van der Waals surface area contributed by atoms with Crippen molar-refractivity contribution in [3.8, 4) is 0 Å². The van der Waals surface area contributed by atoms with E-state index in [-0.39, 0.29) is 18.0 Å². The molecule has 1 atom stereocenters. The van der Waals surface area contributed by atoms with Gasteiger partial charge in [-0.1, -0.05) is 90.5 Å². The van der Waals surface area contributed by atoms with Crippen molar-refractivity contribution in [2.24, 2.45) is 0 Å². The number of anilines is 1. The number of aromatic nitrogens is 1. The topological polar surface area (TPSA) is 62.5 Å². The van der Waals surface area contributed by atoms with Crippen LogP contribution >= 0.6 is 0 Å². The molecule has 0 spiro atoms. The summed E-state index contributed by atoms with van der Waals surface area (Å²) in [6, 6.07) is 36.4. The summed E-state index contributed by atoms with van der Waals surface area (Å²) in [5.74, 6) is 0. The first-order chi connectivity index (χ1) is 18.4. The molecule has 1 heterocycles. The number of sulfonamides is 1. The van der Waals surface area contributed by atoms with E-state index in [0.717, 1.165) is 38.1 Å². The molecule has 0 aliphatic rings. The van der Waals surface area contributed by atoms with Gasteiger partial charge in [0.1, 0.15) is 0 Å². The predicted octanol–water partition coefficient (Wildman–Crippen LogP) is 6.51. The summed E-state index contributed by atoms with van der Waals surface area (Å²) in [7, 11) is -3.96. The molecule has 0 bridgehead atoms. The summed E-state index contributed by atoms with van der Waals surface area (Å²) < 4.78 is 31.6. The Hall–Kier alpha value is -4.13. The van der Waals surface area contributed by atoms with Gasteiger partial charge in [0.25, 0.3) is 10.0 Å². The number of nitrogens with zero attached hydrogens (tertiary/aromatic N) is 2. The summed E-state index contributed by atoms with van der Waals surface area (Å²) in [5, 5.41) is 15.4. The molecule has 5 aromatic carbocycles. The van der Waals surface area contributed by atoms with Crippen molar-refractivity contribution in [2.75, 3.05) is 10.8 Å². The van der Waals surface area contributed by atoms with Crippen LogP contribution in [0.3, 0.4) is 0 Å². The molecule has 6 heteroatoms. The van der Waals surface area contributed by atoms with Crippen molar-refractivity contribution < 1.29 is 13.5 Å². The first-order valence-corrected chi connectivity index (χ1v) is 14.1. The normalized spacial score (nSPS) is 12.8. The largest absolute Gasteiger partial charge is 0.389 e. The number of benzene rings is 5. The van der Waals surface area contributed by atoms with E-state index in [1.54, 1.807) is 30.3 Å². The molecule has 6 rings (SSSR count). The van der Waals surface area contributed by atoms with Gasteiger partial charge in [-0.25, -0.2) is 8.42 Å². The van der Waals surface area contributed by atoms with Gasteiger partial charge in [0, 0.05) is 27.2 Å². The Labute approximate surface area is 222 Å². The highest BCUT2D eigenvalue weighted by Crippen LogP contribution is 2.33. The average molecular weight is 521 g/mol. The van der Waals surface area contributed by atoms with E-state index in [1.165, 1.54) is 4.31 Å². The highest BCUT2D eigenvalue weighted by atomic mass is 32.2. The highest BCUT2D eigenvalue weighted by molar-refractivity contribution is 7.92. The van der Waals surface area contributed by atoms with Crippen molar-refractivity contribution in [1.29, 1.82) is 0 Å². The first kappa shape index (κ1) is 24.2. The number of aryl methyl sites for hydroxylation is 1. The third-order valence-corrected chi connectivity index (χ3v) is 8.89. The Kier molecular flexibility index (Phi) is 6.14. The van der Waals surface area contributed by atoms with Crippen LogP contribution in [0, 0.1) is 6.92 Å². The Morgan fingerprint density at radius 3 is 1.92 bits per heavy atom. The standard InChI is InChI=1S/C32H28N2O3S/c1-23-17-19-26(20-18-23)38(36,37)34(32-16-8-10-24-9-2-3-11-27(24)32)22-25(35)21-33-30-14-6-4-12-28(30)29-13-5-7-15-31(29)33/h2-20,25,35H,21-22H2,1H3/t25-/m0/s1. The van der Waals surface area contributed by atoms with Crippen LogP contribution in [-0.4, -0.2) is 30.7 Å². The number of aliphatic hydroxyl groups excluding tert-OH is 1. The minimum absolute atomic E-state index is 0.0922. The van der Waals surface area contributed by atoms with E-state index < -0.39 is 16.1 Å². The van der Waals surface area contributed by atoms with Gasteiger partial charge in [-0.3, -0.25) is 4.31 Å². The fourth-order valence-corrected chi connectivity index (χ4v) is 6.77. The van der Waals surface area contributed by atoms with E-state index in [4.69, 9.17) is 0 Å². The van der Waals surface area contributed by atoms with Crippen LogP contribution in [0.2, 0.25) is 0 Å². The molecule has 1 N–H and O–H groups in total. The van der Waals surface area contributed by atoms with Crippen molar-refractivity contribution in [3.05, 3.63) is 121 Å². The lowest BCUT2D eigenvalue weighted by Gasteiger charge is -2.28. The molecule has 0 unspecified atom stereocenters. The van der Waals surface area contributed by atoms with E-state index in [9.17, 15) is 13.5 Å². The Morgan fingerprint density at radius 2 is 1.26 bits per heavy atom. The van der Waals surface area contributed by atoms with Gasteiger partial charge >= 0.3 is 0 Å². The van der Waals surface area contributed by atoms with Crippen LogP contribution in [-0.2, 0) is 16.6 Å². The van der Waals surface area contributed by atoms with Crippen LogP contribution in [0.4, 0.5) is 5.69 Å². The second-order valence-electron chi connectivity index (χ2n) is 9.65. The summed E-state index contributed by atoms with van der Waals surface area (Å²) in [6.07, 6.45) is -0.964. The lowest BCUT2D eigenvalue weighted by Crippen LogP contribution is -2.39. The smallest absolute Gasteiger partial charge is 0.264 e. The summed E-state index contributed by atoms with van der Waals surface area (Å²) >= 11 is 0. The van der Waals surface area contributed by atoms with Crippen LogP contribution in [0.1, 0.15) is 5.56 Å². The molecule has 0 saturated heterocycles. The molecule has 0 radical (unpaired) electrons. The summed E-state index contributed by atoms with van der Waals surface area (Å²) in [4.78, 5) is 0.195. The summed E-state index contributed by atoms with van der Waals surface area (Å²) in [5.41, 5.74) is 3.54.